The third-order valence-electron chi connectivity index (χ3n) is 19.6. The molecule has 6 aliphatic rings. The summed E-state index contributed by atoms with van der Waals surface area (Å²) in [5.74, 6) is -3.05. The quantitative estimate of drug-likeness (QED) is 0.0971. The van der Waals surface area contributed by atoms with E-state index < -0.39 is 63.6 Å². The number of fused-ring (bicyclic) bond motifs is 9. The second kappa shape index (κ2) is 19.3. The van der Waals surface area contributed by atoms with Gasteiger partial charge in [0.1, 0.15) is 5.76 Å². The van der Waals surface area contributed by atoms with Crippen molar-refractivity contribution in [2.45, 2.75) is 75.2 Å². The lowest BCUT2D eigenvalue weighted by atomic mass is 9.63. The molecular formula is C75H56F6N2O3. The maximum absolute atomic E-state index is 15.3. The first-order valence-electron chi connectivity index (χ1n) is 29.3. The molecule has 86 heavy (non-hydrogen) atoms. The largest absolute Gasteiger partial charge is 0.507 e. The van der Waals surface area contributed by atoms with Gasteiger partial charge in [-0.15, -0.1) is 0 Å². The number of nitrogens with one attached hydrogen (secondary N) is 2. The number of Topliss-reactive ketones (excluding diaryl/α,β-unsaturated/α-hetero) is 1. The predicted octanol–water partition coefficient (Wildman–Crippen LogP) is 19.0. The molecule has 0 saturated heterocycles. The van der Waals surface area contributed by atoms with Crippen molar-refractivity contribution in [2.24, 2.45) is 11.8 Å². The molecule has 0 bridgehead atoms. The summed E-state index contributed by atoms with van der Waals surface area (Å²) in [6, 6.07) is 53.6. The van der Waals surface area contributed by atoms with Gasteiger partial charge in [-0.1, -0.05) is 184 Å². The Balaban J connectivity index is 0.944. The summed E-state index contributed by atoms with van der Waals surface area (Å²) in [5, 5.41) is 37.0. The van der Waals surface area contributed by atoms with Gasteiger partial charge in [0, 0.05) is 45.1 Å². The van der Waals surface area contributed by atoms with E-state index in [1.807, 2.05) is 97.1 Å². The molecule has 0 amide bonds. The number of carbonyl (C=O) groups is 1. The molecule has 9 aromatic rings. The van der Waals surface area contributed by atoms with Gasteiger partial charge in [-0.2, -0.15) is 26.3 Å². The zero-order chi connectivity index (χ0) is 59.2. The van der Waals surface area contributed by atoms with Crippen LogP contribution in [-0.4, -0.2) is 22.0 Å². The van der Waals surface area contributed by atoms with E-state index in [9.17, 15) is 10.2 Å². The summed E-state index contributed by atoms with van der Waals surface area (Å²) in [7, 11) is 0. The Morgan fingerprint density at radius 1 is 0.593 bits per heavy atom. The van der Waals surface area contributed by atoms with Crippen molar-refractivity contribution in [3.8, 4) is 22.3 Å². The van der Waals surface area contributed by atoms with Gasteiger partial charge in [-0.05, 0) is 157 Å². The summed E-state index contributed by atoms with van der Waals surface area (Å²) >= 11 is 0. The standard InChI is InChI=1S/C75H56F6N2O3/c1-41-16-11-27-52-53-29-15-31-55-65(53)57(62(41)52)39-59-66(55)82-61(72(59,34-32-43-17-5-3-6-18-43)45-21-12-23-47(36-45)74(76,77)78)40-58-68(84)63(70(86)69(58)85)42(2)71-73(35-33-44-19-7-4-8-20-44,46-22-13-24-48(37-46)75(79,80)81)60-38-56-50-26-10-9-25-49(50)51-28-14-30-54(64(51)56)67(60)83-71/h3-15,17-31,36-42,71,82-84H,16,32-35H2,1-2H3,(H,85,86)/b61-40-. The number of halogens is 6. The average molecular weight is 1150 g/mol. The number of ketones is 1. The Morgan fingerprint density at radius 2 is 1.15 bits per heavy atom. The van der Waals surface area contributed by atoms with Gasteiger partial charge in [-0.3, -0.25) is 4.79 Å². The smallest absolute Gasteiger partial charge is 0.416 e. The average Bonchev–Trinajstić information content (AvgIpc) is 1.53. The molecular weight excluding hydrogens is 1090 g/mol. The Kier molecular flexibility index (Phi) is 12.0. The van der Waals surface area contributed by atoms with Crippen LogP contribution >= 0.6 is 0 Å². The first kappa shape index (κ1) is 53.4. The van der Waals surface area contributed by atoms with Crippen LogP contribution in [-0.2, 0) is 40.8 Å². The van der Waals surface area contributed by atoms with Crippen LogP contribution in [0.25, 0.3) is 54.9 Å². The maximum Gasteiger partial charge on any atom is 0.416 e. The van der Waals surface area contributed by atoms with E-state index in [2.05, 4.69) is 66.1 Å². The summed E-state index contributed by atoms with van der Waals surface area (Å²) in [6.07, 6.45) is -1.51. The summed E-state index contributed by atoms with van der Waals surface area (Å²) in [4.78, 5) is 15.3. The molecule has 0 fully saturated rings. The third-order valence-corrected chi connectivity index (χ3v) is 19.6. The van der Waals surface area contributed by atoms with E-state index >= 15 is 31.1 Å². The zero-order valence-corrected chi connectivity index (χ0v) is 46.9. The molecule has 4 aliphatic carbocycles. The molecule has 5 unspecified atom stereocenters. The fourth-order valence-electron chi connectivity index (χ4n) is 15.7. The maximum atomic E-state index is 15.3. The SMILES string of the molecule is CC1CC=CC2=C1c1cc3c(c4cccc2c14)N/C(=C\C1=C(O)C(C(C)C2Nc4c(cc5c6c(cccc46)-c4ccccc4-5)C2(CCc2ccccc2)c2cccc(C(F)(F)F)c2)=C(O)C1=O)C3(CCc1ccccc1)c1cccc(C(F)(F)F)c1. The van der Waals surface area contributed by atoms with Gasteiger partial charge in [0.15, 0.2) is 5.76 Å². The molecule has 2 heterocycles. The number of aliphatic hydroxyl groups excluding tert-OH is 2. The number of aryl methyl sites for hydroxylation is 2. The van der Waals surface area contributed by atoms with Crippen molar-refractivity contribution >= 4 is 49.8 Å². The number of aliphatic hydroxyl groups is 2. The Hall–Kier alpha value is -9.35. The number of benzene rings is 9. The molecule has 4 N–H and O–H groups in total. The molecule has 426 valence electrons. The van der Waals surface area contributed by atoms with Gasteiger partial charge in [0.25, 0.3) is 0 Å². The first-order valence-corrected chi connectivity index (χ1v) is 29.3. The molecule has 15 rings (SSSR count). The van der Waals surface area contributed by atoms with Crippen molar-refractivity contribution in [3.63, 3.8) is 0 Å². The number of allylic oxidation sites excluding steroid dienone is 8. The molecule has 2 aliphatic heterocycles. The van der Waals surface area contributed by atoms with E-state index in [4.69, 9.17) is 0 Å². The lowest BCUT2D eigenvalue weighted by Gasteiger charge is -2.41. The first-order chi connectivity index (χ1) is 41.5. The van der Waals surface area contributed by atoms with Crippen molar-refractivity contribution in [2.75, 3.05) is 10.6 Å². The van der Waals surface area contributed by atoms with Gasteiger partial charge < -0.3 is 20.8 Å². The van der Waals surface area contributed by atoms with Crippen LogP contribution in [0.1, 0.15) is 88.7 Å². The van der Waals surface area contributed by atoms with Crippen LogP contribution in [0.2, 0.25) is 0 Å². The van der Waals surface area contributed by atoms with Crippen LogP contribution in [0, 0.1) is 11.8 Å². The minimum absolute atomic E-state index is 0.110. The number of rotatable bonds is 11. The molecule has 11 heteroatoms. The lowest BCUT2D eigenvalue weighted by molar-refractivity contribution is -0.138. The van der Waals surface area contributed by atoms with E-state index in [0.717, 1.165) is 101 Å². The molecule has 5 atom stereocenters. The van der Waals surface area contributed by atoms with Crippen LogP contribution in [0.3, 0.4) is 0 Å². The van der Waals surface area contributed by atoms with Crippen molar-refractivity contribution in [1.82, 2.24) is 0 Å². The molecule has 0 aromatic heterocycles. The van der Waals surface area contributed by atoms with Crippen molar-refractivity contribution < 1.29 is 41.4 Å². The van der Waals surface area contributed by atoms with Crippen molar-refractivity contribution in [1.29, 1.82) is 0 Å². The van der Waals surface area contributed by atoms with E-state index in [1.165, 1.54) is 30.3 Å². The van der Waals surface area contributed by atoms with Gasteiger partial charge in [0.2, 0.25) is 5.78 Å². The monoisotopic (exact) mass is 1150 g/mol. The summed E-state index contributed by atoms with van der Waals surface area (Å²) in [6.45, 7) is 3.96. The number of hydrogen-bond donors (Lipinski definition) is 4. The Labute approximate surface area is 493 Å². The fourth-order valence-corrected chi connectivity index (χ4v) is 15.7. The highest BCUT2D eigenvalue weighted by Gasteiger charge is 2.55. The van der Waals surface area contributed by atoms with E-state index in [0.29, 0.717) is 46.6 Å². The number of anilines is 2. The van der Waals surface area contributed by atoms with E-state index in [1.54, 1.807) is 19.1 Å². The molecule has 0 spiro atoms. The Morgan fingerprint density at radius 3 is 1.83 bits per heavy atom. The summed E-state index contributed by atoms with van der Waals surface area (Å²) < 4.78 is 90.8. The number of carbonyl (C=O) groups excluding carboxylic acids is 1. The predicted molar refractivity (Wildman–Crippen MR) is 329 cm³/mol. The molecule has 0 saturated carbocycles. The van der Waals surface area contributed by atoms with Crippen LogP contribution in [0.4, 0.5) is 37.7 Å². The highest BCUT2D eigenvalue weighted by molar-refractivity contribution is 6.21. The van der Waals surface area contributed by atoms with Crippen LogP contribution in [0.5, 0.6) is 0 Å². The van der Waals surface area contributed by atoms with Gasteiger partial charge in [-0.25, -0.2) is 0 Å². The minimum Gasteiger partial charge on any atom is -0.507 e. The van der Waals surface area contributed by atoms with Crippen molar-refractivity contribution in [3.05, 3.63) is 284 Å². The van der Waals surface area contributed by atoms with E-state index in [-0.39, 0.29) is 29.9 Å². The highest BCUT2D eigenvalue weighted by atomic mass is 19.4. The number of hydrogen-bond acceptors (Lipinski definition) is 5. The number of alkyl halides is 6. The second-order valence-corrected chi connectivity index (χ2v) is 24.0. The van der Waals surface area contributed by atoms with Crippen LogP contribution < -0.4 is 10.6 Å². The fraction of sp³-hybridized carbons (Fsp3) is 0.187. The van der Waals surface area contributed by atoms with Gasteiger partial charge >= 0.3 is 12.4 Å². The third kappa shape index (κ3) is 7.81. The topological polar surface area (TPSA) is 81.6 Å². The normalized spacial score (nSPS) is 21.6. The highest BCUT2D eigenvalue weighted by Crippen LogP contribution is 2.62. The Bertz CT molecular complexity index is 4570. The molecule has 0 radical (unpaired) electrons. The van der Waals surface area contributed by atoms with Gasteiger partial charge in [0.05, 0.1) is 27.8 Å². The lowest BCUT2D eigenvalue weighted by Crippen LogP contribution is -2.45. The summed E-state index contributed by atoms with van der Waals surface area (Å²) in [5.41, 5.74) is 9.07. The molecule has 9 aromatic carbocycles. The van der Waals surface area contributed by atoms with Crippen LogP contribution in [0.15, 0.2) is 229 Å². The molecule has 5 nitrogen and oxygen atoms in total. The minimum atomic E-state index is -4.72. The zero-order valence-electron chi connectivity index (χ0n) is 46.9. The second-order valence-electron chi connectivity index (χ2n) is 24.0.